The third-order valence-electron chi connectivity index (χ3n) is 5.71. The summed E-state index contributed by atoms with van der Waals surface area (Å²) in [5.74, 6) is -0.110. The molecule has 3 heterocycles. The third-order valence-corrected chi connectivity index (χ3v) is 5.71. The first-order valence-electron chi connectivity index (χ1n) is 10.3. The second-order valence-electron chi connectivity index (χ2n) is 7.64. The lowest BCUT2D eigenvalue weighted by Gasteiger charge is -2.32. The SMILES string of the molecule is CCn1c(=O)c2ccnn2c2ccc(C(=O)NCCCN3CCN(C)CC3)cc21. The predicted molar refractivity (Wildman–Crippen MR) is 114 cm³/mol. The number of carbonyl (C=O) groups excluding carboxylic acids is 1. The van der Waals surface area contributed by atoms with E-state index in [-0.39, 0.29) is 11.5 Å². The Morgan fingerprint density at radius 3 is 2.66 bits per heavy atom. The Bertz CT molecular complexity index is 1080. The molecule has 1 N–H and O–H groups in total. The lowest BCUT2D eigenvalue weighted by molar-refractivity contribution is 0.0949. The summed E-state index contributed by atoms with van der Waals surface area (Å²) in [6.45, 7) is 8.49. The van der Waals surface area contributed by atoms with E-state index in [0.29, 0.717) is 24.2 Å². The van der Waals surface area contributed by atoms with Gasteiger partial charge >= 0.3 is 0 Å². The summed E-state index contributed by atoms with van der Waals surface area (Å²) in [4.78, 5) is 30.1. The fourth-order valence-corrected chi connectivity index (χ4v) is 3.96. The van der Waals surface area contributed by atoms with Gasteiger partial charge in [0.2, 0.25) is 0 Å². The third kappa shape index (κ3) is 3.90. The van der Waals surface area contributed by atoms with Gasteiger partial charge in [0, 0.05) is 44.8 Å². The second-order valence-corrected chi connectivity index (χ2v) is 7.64. The Kier molecular flexibility index (Phi) is 5.64. The van der Waals surface area contributed by atoms with Gasteiger partial charge in [-0.2, -0.15) is 5.10 Å². The molecule has 3 aromatic rings. The van der Waals surface area contributed by atoms with Crippen molar-refractivity contribution in [3.8, 4) is 0 Å². The van der Waals surface area contributed by atoms with E-state index < -0.39 is 0 Å². The molecule has 8 nitrogen and oxygen atoms in total. The molecule has 1 saturated heterocycles. The second kappa shape index (κ2) is 8.34. The normalized spacial score (nSPS) is 15.9. The molecule has 1 aliphatic heterocycles. The van der Waals surface area contributed by atoms with E-state index in [0.717, 1.165) is 50.2 Å². The summed E-state index contributed by atoms with van der Waals surface area (Å²) >= 11 is 0. The molecule has 8 heteroatoms. The van der Waals surface area contributed by atoms with Crippen molar-refractivity contribution in [1.82, 2.24) is 29.3 Å². The van der Waals surface area contributed by atoms with E-state index in [2.05, 4.69) is 27.3 Å². The number of rotatable bonds is 6. The van der Waals surface area contributed by atoms with Crippen molar-refractivity contribution in [2.24, 2.45) is 0 Å². The molecule has 154 valence electrons. The topological polar surface area (TPSA) is 74.9 Å². The van der Waals surface area contributed by atoms with E-state index in [1.165, 1.54) is 0 Å². The number of fused-ring (bicyclic) bond motifs is 3. The maximum atomic E-state index is 12.7. The average Bonchev–Trinajstić information content (AvgIpc) is 3.23. The van der Waals surface area contributed by atoms with Gasteiger partial charge in [0.05, 0.1) is 17.2 Å². The highest BCUT2D eigenvalue weighted by Crippen LogP contribution is 2.16. The zero-order chi connectivity index (χ0) is 20.4. The van der Waals surface area contributed by atoms with Crippen LogP contribution in [0.3, 0.4) is 0 Å². The number of aromatic nitrogens is 3. The van der Waals surface area contributed by atoms with Crippen LogP contribution in [0.5, 0.6) is 0 Å². The van der Waals surface area contributed by atoms with Crippen molar-refractivity contribution < 1.29 is 4.79 Å². The Balaban J connectivity index is 1.45. The van der Waals surface area contributed by atoms with Crippen LogP contribution >= 0.6 is 0 Å². The fraction of sp³-hybridized carbons (Fsp3) is 0.476. The van der Waals surface area contributed by atoms with E-state index in [4.69, 9.17) is 0 Å². The van der Waals surface area contributed by atoms with Gasteiger partial charge in [-0.05, 0) is 51.2 Å². The van der Waals surface area contributed by atoms with Gasteiger partial charge in [0.1, 0.15) is 5.52 Å². The zero-order valence-electron chi connectivity index (χ0n) is 17.1. The first-order chi connectivity index (χ1) is 14.1. The molecule has 2 aromatic heterocycles. The van der Waals surface area contributed by atoms with Crippen molar-refractivity contribution >= 4 is 22.5 Å². The number of aryl methyl sites for hydroxylation is 1. The summed E-state index contributed by atoms with van der Waals surface area (Å²) in [7, 11) is 2.15. The van der Waals surface area contributed by atoms with Crippen molar-refractivity contribution in [1.29, 1.82) is 0 Å². The summed E-state index contributed by atoms with van der Waals surface area (Å²) in [5.41, 5.74) is 2.55. The molecule has 0 radical (unpaired) electrons. The van der Waals surface area contributed by atoms with Crippen LogP contribution in [0.2, 0.25) is 0 Å². The molecular formula is C21H28N6O2. The minimum Gasteiger partial charge on any atom is -0.352 e. The molecule has 1 aliphatic rings. The van der Waals surface area contributed by atoms with Gasteiger partial charge in [-0.25, -0.2) is 4.52 Å². The van der Waals surface area contributed by atoms with Crippen LogP contribution < -0.4 is 10.9 Å². The molecule has 0 atom stereocenters. The summed E-state index contributed by atoms with van der Waals surface area (Å²) < 4.78 is 3.33. The van der Waals surface area contributed by atoms with Gasteiger partial charge in [-0.1, -0.05) is 0 Å². The largest absolute Gasteiger partial charge is 0.352 e. The van der Waals surface area contributed by atoms with Gasteiger partial charge in [0.15, 0.2) is 0 Å². The number of hydrogen-bond donors (Lipinski definition) is 1. The number of likely N-dealkylation sites (N-methyl/N-ethyl adjacent to an activating group) is 1. The smallest absolute Gasteiger partial charge is 0.277 e. The minimum atomic E-state index is -0.110. The Morgan fingerprint density at radius 1 is 1.10 bits per heavy atom. The van der Waals surface area contributed by atoms with Crippen molar-refractivity contribution in [2.45, 2.75) is 19.9 Å². The molecule has 0 saturated carbocycles. The van der Waals surface area contributed by atoms with Gasteiger partial charge < -0.3 is 19.7 Å². The molecule has 0 unspecified atom stereocenters. The van der Waals surface area contributed by atoms with Crippen LogP contribution in [0, 0.1) is 0 Å². The van der Waals surface area contributed by atoms with E-state index in [9.17, 15) is 9.59 Å². The van der Waals surface area contributed by atoms with Crippen LogP contribution in [0.1, 0.15) is 23.7 Å². The fourth-order valence-electron chi connectivity index (χ4n) is 3.96. The summed E-state index contributed by atoms with van der Waals surface area (Å²) in [5, 5.41) is 7.27. The van der Waals surface area contributed by atoms with Crippen LogP contribution in [-0.2, 0) is 6.54 Å². The van der Waals surface area contributed by atoms with E-state index in [1.807, 2.05) is 13.0 Å². The van der Waals surface area contributed by atoms with Gasteiger partial charge in [-0.3, -0.25) is 9.59 Å². The molecule has 1 aromatic carbocycles. The van der Waals surface area contributed by atoms with Crippen molar-refractivity contribution in [3.05, 3.63) is 46.4 Å². The first-order valence-corrected chi connectivity index (χ1v) is 10.3. The number of amides is 1. The van der Waals surface area contributed by atoms with Crippen LogP contribution in [0.4, 0.5) is 0 Å². The van der Waals surface area contributed by atoms with Gasteiger partial charge in [-0.15, -0.1) is 0 Å². The number of nitrogens with one attached hydrogen (secondary N) is 1. The van der Waals surface area contributed by atoms with Crippen LogP contribution in [-0.4, -0.2) is 76.2 Å². The standard InChI is InChI=1S/C21H28N6O2/c1-3-26-19-15-16(5-6-17(19)27-18(21(26)29)7-9-23-27)20(28)22-8-4-10-25-13-11-24(2)12-14-25/h5-7,9,15H,3-4,8,10-14H2,1-2H3,(H,22,28). The number of nitrogens with zero attached hydrogens (tertiary/aromatic N) is 5. The first kappa shape index (κ1) is 19.6. The quantitative estimate of drug-likeness (QED) is 0.630. The monoisotopic (exact) mass is 396 g/mol. The molecular weight excluding hydrogens is 368 g/mol. The molecule has 4 rings (SSSR count). The highest BCUT2D eigenvalue weighted by atomic mass is 16.1. The maximum Gasteiger partial charge on any atom is 0.277 e. The molecule has 1 fully saturated rings. The van der Waals surface area contributed by atoms with Crippen LogP contribution in [0.15, 0.2) is 35.3 Å². The number of carbonyl (C=O) groups is 1. The molecule has 0 bridgehead atoms. The highest BCUT2D eigenvalue weighted by molar-refractivity contribution is 5.97. The number of hydrogen-bond acceptors (Lipinski definition) is 5. The molecule has 0 aliphatic carbocycles. The maximum absolute atomic E-state index is 12.7. The highest BCUT2D eigenvalue weighted by Gasteiger charge is 2.15. The lowest BCUT2D eigenvalue weighted by Crippen LogP contribution is -2.45. The summed E-state index contributed by atoms with van der Waals surface area (Å²) in [6, 6.07) is 7.16. The minimum absolute atomic E-state index is 0.0952. The summed E-state index contributed by atoms with van der Waals surface area (Å²) in [6.07, 6.45) is 2.55. The molecule has 29 heavy (non-hydrogen) atoms. The van der Waals surface area contributed by atoms with E-state index in [1.54, 1.807) is 33.5 Å². The Labute approximate surface area is 169 Å². The Morgan fingerprint density at radius 2 is 1.90 bits per heavy atom. The number of benzene rings is 1. The van der Waals surface area contributed by atoms with Gasteiger partial charge in [0.25, 0.3) is 11.5 Å². The number of piperazine rings is 1. The van der Waals surface area contributed by atoms with E-state index >= 15 is 0 Å². The molecule has 0 spiro atoms. The van der Waals surface area contributed by atoms with Crippen molar-refractivity contribution in [3.63, 3.8) is 0 Å². The zero-order valence-corrected chi connectivity index (χ0v) is 17.1. The lowest BCUT2D eigenvalue weighted by atomic mass is 10.1. The van der Waals surface area contributed by atoms with Crippen LogP contribution in [0.25, 0.3) is 16.6 Å². The molecule has 1 amide bonds. The predicted octanol–water partition coefficient (Wildman–Crippen LogP) is 1.04. The van der Waals surface area contributed by atoms with Crippen molar-refractivity contribution in [2.75, 3.05) is 46.3 Å². The Hall–Kier alpha value is -2.71. The average molecular weight is 396 g/mol.